The van der Waals surface area contributed by atoms with E-state index in [2.05, 4.69) is 115 Å². The van der Waals surface area contributed by atoms with Gasteiger partial charge in [-0.2, -0.15) is 0 Å². The van der Waals surface area contributed by atoms with Gasteiger partial charge in [0.2, 0.25) is 0 Å². The van der Waals surface area contributed by atoms with Gasteiger partial charge >= 0.3 is 0 Å². The molecular formula is C34H45N. The van der Waals surface area contributed by atoms with E-state index in [0.29, 0.717) is 5.92 Å². The molecular weight excluding hydrogens is 422 g/mol. The molecule has 1 heterocycles. The fourth-order valence-corrected chi connectivity index (χ4v) is 6.67. The lowest BCUT2D eigenvalue weighted by molar-refractivity contribution is 0.00891. The third kappa shape index (κ3) is 4.61. The molecule has 1 heteroatoms. The Hall–Kier alpha value is -2.72. The number of aromatic nitrogens is 1. The first-order chi connectivity index (χ1) is 16.7. The van der Waals surface area contributed by atoms with E-state index in [9.17, 15) is 0 Å². The zero-order valence-electron chi connectivity index (χ0n) is 23.1. The molecule has 2 aromatic rings. The summed E-state index contributed by atoms with van der Waals surface area (Å²) < 4.78 is 0. The second-order valence-corrected chi connectivity index (χ2v) is 10.9. The molecule has 0 bridgehead atoms. The molecule has 0 fully saturated rings. The lowest BCUT2D eigenvalue weighted by Gasteiger charge is -2.54. The topological polar surface area (TPSA) is 15.8 Å². The number of terminal acetylenes is 1. The van der Waals surface area contributed by atoms with Crippen molar-refractivity contribution in [1.29, 1.82) is 0 Å². The summed E-state index contributed by atoms with van der Waals surface area (Å²) in [5.74, 6) is 3.79. The van der Waals surface area contributed by atoms with E-state index in [1.807, 2.05) is 0 Å². The zero-order chi connectivity index (χ0) is 25.8. The number of nitrogens with one attached hydrogen (secondary N) is 1. The average Bonchev–Trinajstić information content (AvgIpc) is 3.21. The Kier molecular flexibility index (Phi) is 8.38. The van der Waals surface area contributed by atoms with E-state index in [0.717, 1.165) is 32.1 Å². The van der Waals surface area contributed by atoms with Crippen molar-refractivity contribution in [2.75, 3.05) is 0 Å². The van der Waals surface area contributed by atoms with Crippen LogP contribution >= 0.6 is 0 Å². The molecule has 3 unspecified atom stereocenters. The zero-order valence-corrected chi connectivity index (χ0v) is 23.1. The van der Waals surface area contributed by atoms with E-state index in [1.54, 1.807) is 0 Å². The number of aromatic amines is 1. The first-order valence-corrected chi connectivity index (χ1v) is 13.5. The molecule has 1 N–H and O–H groups in total. The van der Waals surface area contributed by atoms with E-state index < -0.39 is 0 Å². The Bertz CT molecular complexity index is 1190. The molecule has 0 spiro atoms. The lowest BCUT2D eigenvalue weighted by Crippen LogP contribution is -2.49. The largest absolute Gasteiger partial charge is 0.358 e. The molecule has 0 saturated carbocycles. The van der Waals surface area contributed by atoms with E-state index in [1.165, 1.54) is 38.9 Å². The second kappa shape index (κ2) is 10.9. The normalized spacial score (nSPS) is 21.3. The Labute approximate surface area is 214 Å². The molecule has 186 valence electrons. The van der Waals surface area contributed by atoms with E-state index >= 15 is 0 Å². The first kappa shape index (κ1) is 26.9. The number of allylic oxidation sites excluding steroid dienone is 6. The monoisotopic (exact) mass is 467 g/mol. The Morgan fingerprint density at radius 2 is 1.94 bits per heavy atom. The van der Waals surface area contributed by atoms with Gasteiger partial charge in [-0.15, -0.1) is 12.3 Å². The van der Waals surface area contributed by atoms with Crippen LogP contribution in [0.5, 0.6) is 0 Å². The van der Waals surface area contributed by atoms with Crippen LogP contribution in [0.2, 0.25) is 0 Å². The molecule has 1 aliphatic rings. The van der Waals surface area contributed by atoms with Crippen molar-refractivity contribution in [1.82, 2.24) is 4.98 Å². The smallest absolute Gasteiger partial charge is 0.0462 e. The standard InChI is InChI=1S/C34H45N/c1-10-17-25(12-3)26(13-4)27(14-5)30(18-11-2)34(9,24(6)7)33(8)22-21-29-28-19-15-16-20-31(28)35-32(29)23-33/h2,13,15-17,19-22,24,30,35H,4,10,12,14,18,23H2,1,3,5-9H3/b25-17+,27-26-. The highest BCUT2D eigenvalue weighted by molar-refractivity contribution is 5.91. The second-order valence-electron chi connectivity index (χ2n) is 10.9. The molecule has 3 atom stereocenters. The molecule has 0 saturated heterocycles. The van der Waals surface area contributed by atoms with Gasteiger partial charge < -0.3 is 4.98 Å². The minimum Gasteiger partial charge on any atom is -0.358 e. The number of para-hydroxylation sites is 1. The maximum absolute atomic E-state index is 6.09. The highest BCUT2D eigenvalue weighted by atomic mass is 14.7. The highest BCUT2D eigenvalue weighted by Crippen LogP contribution is 2.58. The van der Waals surface area contributed by atoms with Crippen molar-refractivity contribution in [3.8, 4) is 12.3 Å². The number of H-pyrrole nitrogens is 1. The van der Waals surface area contributed by atoms with Gasteiger partial charge in [0.25, 0.3) is 0 Å². The van der Waals surface area contributed by atoms with Crippen molar-refractivity contribution < 1.29 is 0 Å². The molecule has 0 aliphatic heterocycles. The number of hydrogen-bond donors (Lipinski definition) is 1. The Balaban J connectivity index is 2.22. The minimum absolute atomic E-state index is 0.0461. The van der Waals surface area contributed by atoms with Crippen LogP contribution < -0.4 is 0 Å². The van der Waals surface area contributed by atoms with Crippen LogP contribution in [-0.4, -0.2) is 4.98 Å². The molecule has 3 rings (SSSR count). The SMILES string of the molecule is C#CCC(/C(CC)=C(C=C)\C(=C\CC)CC)C(C)(C(C)C)C1(C)C=Cc2c([nH]c3ccccc23)C1. The summed E-state index contributed by atoms with van der Waals surface area (Å²) in [5, 5.41) is 1.31. The molecule has 35 heavy (non-hydrogen) atoms. The van der Waals surface area contributed by atoms with Gasteiger partial charge in [-0.05, 0) is 65.6 Å². The van der Waals surface area contributed by atoms with Gasteiger partial charge in [-0.25, -0.2) is 0 Å². The lowest BCUT2D eigenvalue weighted by atomic mass is 9.49. The van der Waals surface area contributed by atoms with Gasteiger partial charge in [-0.3, -0.25) is 0 Å². The number of rotatable bonds is 10. The summed E-state index contributed by atoms with van der Waals surface area (Å²) in [6.07, 6.45) is 20.1. The quantitative estimate of drug-likeness (QED) is 0.264. The van der Waals surface area contributed by atoms with Crippen LogP contribution in [0, 0.1) is 35.0 Å². The van der Waals surface area contributed by atoms with Gasteiger partial charge in [0, 0.05) is 28.6 Å². The van der Waals surface area contributed by atoms with Crippen LogP contribution in [0.25, 0.3) is 17.0 Å². The summed E-state index contributed by atoms with van der Waals surface area (Å²) in [6.45, 7) is 20.7. The van der Waals surface area contributed by atoms with Crippen molar-refractivity contribution in [3.63, 3.8) is 0 Å². The van der Waals surface area contributed by atoms with Crippen LogP contribution in [0.4, 0.5) is 0 Å². The molecule has 1 aromatic heterocycles. The summed E-state index contributed by atoms with van der Waals surface area (Å²) in [6, 6.07) is 8.64. The number of fused-ring (bicyclic) bond motifs is 3. The fourth-order valence-electron chi connectivity index (χ4n) is 6.67. The molecule has 1 aromatic carbocycles. The van der Waals surface area contributed by atoms with Gasteiger partial charge in [0.1, 0.15) is 0 Å². The van der Waals surface area contributed by atoms with Crippen LogP contribution in [-0.2, 0) is 6.42 Å². The molecule has 0 radical (unpaired) electrons. The molecule has 0 amide bonds. The maximum atomic E-state index is 6.09. The summed E-state index contributed by atoms with van der Waals surface area (Å²) in [5.41, 5.74) is 7.99. The summed E-state index contributed by atoms with van der Waals surface area (Å²) in [7, 11) is 0. The average molecular weight is 468 g/mol. The predicted molar refractivity (Wildman–Crippen MR) is 155 cm³/mol. The highest BCUT2D eigenvalue weighted by Gasteiger charge is 2.52. The van der Waals surface area contributed by atoms with Gasteiger partial charge in [0.15, 0.2) is 0 Å². The van der Waals surface area contributed by atoms with Crippen molar-refractivity contribution in [2.24, 2.45) is 22.7 Å². The molecule has 1 nitrogen and oxygen atoms in total. The Morgan fingerprint density at radius 3 is 2.51 bits per heavy atom. The maximum Gasteiger partial charge on any atom is 0.0462 e. The van der Waals surface area contributed by atoms with Crippen LogP contribution in [0.1, 0.15) is 85.4 Å². The third-order valence-corrected chi connectivity index (χ3v) is 8.99. The van der Waals surface area contributed by atoms with E-state index in [-0.39, 0.29) is 16.7 Å². The minimum atomic E-state index is -0.0515. The Morgan fingerprint density at radius 1 is 1.23 bits per heavy atom. The van der Waals surface area contributed by atoms with Crippen LogP contribution in [0.15, 0.2) is 65.8 Å². The van der Waals surface area contributed by atoms with E-state index in [4.69, 9.17) is 6.42 Å². The summed E-state index contributed by atoms with van der Waals surface area (Å²) >= 11 is 0. The van der Waals surface area contributed by atoms with Gasteiger partial charge in [-0.1, -0.05) is 103 Å². The van der Waals surface area contributed by atoms with Crippen LogP contribution in [0.3, 0.4) is 0 Å². The van der Waals surface area contributed by atoms with Crippen molar-refractivity contribution >= 4 is 17.0 Å². The van der Waals surface area contributed by atoms with Crippen molar-refractivity contribution in [3.05, 3.63) is 77.0 Å². The van der Waals surface area contributed by atoms with Gasteiger partial charge in [0.05, 0.1) is 0 Å². The first-order valence-electron chi connectivity index (χ1n) is 13.5. The predicted octanol–water partition coefficient (Wildman–Crippen LogP) is 9.68. The third-order valence-electron chi connectivity index (χ3n) is 8.99. The van der Waals surface area contributed by atoms with Crippen molar-refractivity contribution in [2.45, 2.75) is 80.6 Å². The number of benzene rings is 1. The number of hydrogen-bond acceptors (Lipinski definition) is 0. The molecule has 1 aliphatic carbocycles. The fraction of sp³-hybridized carbons (Fsp3) is 0.471. The summed E-state index contributed by atoms with van der Waals surface area (Å²) in [4.78, 5) is 3.75.